The van der Waals surface area contributed by atoms with Gasteiger partial charge in [-0.2, -0.15) is 0 Å². The van der Waals surface area contributed by atoms with Gasteiger partial charge in [-0.15, -0.1) is 22.7 Å². The fraction of sp³-hybridized carbons (Fsp3) is 0.118. The Morgan fingerprint density at radius 3 is 2.35 bits per heavy atom. The number of hydrogen-bond donors (Lipinski definition) is 2. The summed E-state index contributed by atoms with van der Waals surface area (Å²) in [7, 11) is -3.68. The van der Waals surface area contributed by atoms with Gasteiger partial charge in [-0.1, -0.05) is 35.9 Å². The van der Waals surface area contributed by atoms with Crippen LogP contribution in [0.15, 0.2) is 63.5 Å². The van der Waals surface area contributed by atoms with Gasteiger partial charge in [0.15, 0.2) is 0 Å². The first kappa shape index (κ1) is 19.1. The fourth-order valence-corrected chi connectivity index (χ4v) is 5.24. The normalized spacial score (nSPS) is 12.7. The van der Waals surface area contributed by atoms with E-state index in [9.17, 15) is 13.2 Å². The highest BCUT2D eigenvalue weighted by atomic mass is 35.5. The second-order valence-electron chi connectivity index (χ2n) is 5.32. The molecule has 1 unspecified atom stereocenters. The lowest BCUT2D eigenvalue weighted by Gasteiger charge is -2.18. The van der Waals surface area contributed by atoms with Gasteiger partial charge in [0.25, 0.3) is 10.0 Å². The third kappa shape index (κ3) is 4.72. The Balaban J connectivity index is 1.71. The molecule has 0 radical (unpaired) electrons. The standard InChI is InChI=1S/C17H15ClN2O3S3/c18-13-7-5-12(6-8-13)17(14-3-1-9-24-14)20-15(21)11-19-26(22,23)16-4-2-10-25-16/h1-10,17,19H,11H2,(H,20,21). The number of benzene rings is 1. The first-order chi connectivity index (χ1) is 12.5. The highest BCUT2D eigenvalue weighted by Crippen LogP contribution is 2.27. The number of carbonyl (C=O) groups excluding carboxylic acids is 1. The van der Waals surface area contributed by atoms with Crippen molar-refractivity contribution in [1.82, 2.24) is 10.0 Å². The van der Waals surface area contributed by atoms with Gasteiger partial charge in [0, 0.05) is 9.90 Å². The minimum Gasteiger partial charge on any atom is -0.343 e. The summed E-state index contributed by atoms with van der Waals surface area (Å²) >= 11 is 8.54. The summed E-state index contributed by atoms with van der Waals surface area (Å²) in [5.74, 6) is -0.418. The Kier molecular flexibility index (Phi) is 6.10. The summed E-state index contributed by atoms with van der Waals surface area (Å²) in [5.41, 5.74) is 0.867. The van der Waals surface area contributed by atoms with Gasteiger partial charge in [0.05, 0.1) is 12.6 Å². The molecule has 0 spiro atoms. The monoisotopic (exact) mass is 426 g/mol. The Labute approximate surface area is 164 Å². The molecule has 1 atom stereocenters. The zero-order valence-electron chi connectivity index (χ0n) is 13.4. The first-order valence-corrected chi connectivity index (χ1v) is 11.2. The Bertz CT molecular complexity index is 953. The molecule has 0 bridgehead atoms. The van der Waals surface area contributed by atoms with Gasteiger partial charge < -0.3 is 5.32 Å². The number of amides is 1. The molecule has 0 aliphatic carbocycles. The highest BCUT2D eigenvalue weighted by molar-refractivity contribution is 7.91. The lowest BCUT2D eigenvalue weighted by molar-refractivity contribution is -0.120. The molecule has 2 heterocycles. The average molecular weight is 427 g/mol. The topological polar surface area (TPSA) is 75.3 Å². The van der Waals surface area contributed by atoms with E-state index in [0.29, 0.717) is 5.02 Å². The Morgan fingerprint density at radius 2 is 1.73 bits per heavy atom. The van der Waals surface area contributed by atoms with Crippen LogP contribution in [0.2, 0.25) is 5.02 Å². The van der Waals surface area contributed by atoms with E-state index in [1.807, 2.05) is 29.6 Å². The smallest absolute Gasteiger partial charge is 0.250 e. The van der Waals surface area contributed by atoms with Gasteiger partial charge in [-0.25, -0.2) is 13.1 Å². The number of thiophene rings is 2. The lowest BCUT2D eigenvalue weighted by Crippen LogP contribution is -2.38. The van der Waals surface area contributed by atoms with Gasteiger partial charge >= 0.3 is 0 Å². The van der Waals surface area contributed by atoms with Crippen LogP contribution >= 0.6 is 34.3 Å². The number of rotatable bonds is 7. The molecule has 0 saturated heterocycles. The highest BCUT2D eigenvalue weighted by Gasteiger charge is 2.20. The van der Waals surface area contributed by atoms with Crippen LogP contribution < -0.4 is 10.0 Å². The van der Waals surface area contributed by atoms with Crippen LogP contribution in [0.4, 0.5) is 0 Å². The minimum absolute atomic E-state index is 0.179. The van der Waals surface area contributed by atoms with E-state index in [1.165, 1.54) is 17.4 Å². The molecule has 3 rings (SSSR count). The van der Waals surface area contributed by atoms with Crippen molar-refractivity contribution in [3.63, 3.8) is 0 Å². The van der Waals surface area contributed by atoms with Crippen LogP contribution in [-0.2, 0) is 14.8 Å². The molecule has 0 saturated carbocycles. The summed E-state index contributed by atoms with van der Waals surface area (Å²) in [4.78, 5) is 13.3. The lowest BCUT2D eigenvalue weighted by atomic mass is 10.1. The summed E-state index contributed by atoms with van der Waals surface area (Å²) < 4.78 is 26.8. The third-order valence-electron chi connectivity index (χ3n) is 3.52. The molecule has 26 heavy (non-hydrogen) atoms. The van der Waals surface area contributed by atoms with E-state index in [-0.39, 0.29) is 16.8 Å². The van der Waals surface area contributed by atoms with E-state index < -0.39 is 15.9 Å². The Hall–Kier alpha value is -1.71. The maximum Gasteiger partial charge on any atom is 0.250 e. The van der Waals surface area contributed by atoms with E-state index in [2.05, 4.69) is 10.0 Å². The van der Waals surface area contributed by atoms with Gasteiger partial charge in [0.1, 0.15) is 4.21 Å². The molecule has 1 aromatic carbocycles. The fourth-order valence-electron chi connectivity index (χ4n) is 2.29. The van der Waals surface area contributed by atoms with Gasteiger partial charge in [-0.05, 0) is 40.6 Å². The number of sulfonamides is 1. The number of carbonyl (C=O) groups is 1. The molecular formula is C17H15ClN2O3S3. The number of hydrogen-bond acceptors (Lipinski definition) is 5. The summed E-state index contributed by atoms with van der Waals surface area (Å²) in [6.45, 7) is -0.338. The van der Waals surface area contributed by atoms with Crippen molar-refractivity contribution in [2.45, 2.75) is 10.3 Å². The van der Waals surface area contributed by atoms with E-state index in [1.54, 1.807) is 23.6 Å². The molecule has 5 nitrogen and oxygen atoms in total. The molecule has 2 N–H and O–H groups in total. The maximum absolute atomic E-state index is 12.3. The molecule has 2 aromatic heterocycles. The van der Waals surface area contributed by atoms with Crippen molar-refractivity contribution in [3.05, 3.63) is 74.8 Å². The van der Waals surface area contributed by atoms with Crippen molar-refractivity contribution in [2.75, 3.05) is 6.54 Å². The second kappa shape index (κ2) is 8.32. The molecule has 0 fully saturated rings. The van der Waals surface area contributed by atoms with Crippen molar-refractivity contribution in [3.8, 4) is 0 Å². The summed E-state index contributed by atoms with van der Waals surface area (Å²) in [6.07, 6.45) is 0. The van der Waals surface area contributed by atoms with Crippen molar-refractivity contribution >= 4 is 50.2 Å². The Morgan fingerprint density at radius 1 is 1.04 bits per heavy atom. The van der Waals surface area contributed by atoms with Crippen molar-refractivity contribution < 1.29 is 13.2 Å². The van der Waals surface area contributed by atoms with Crippen LogP contribution in [0.1, 0.15) is 16.5 Å². The SMILES string of the molecule is O=C(CNS(=O)(=O)c1cccs1)NC(c1ccc(Cl)cc1)c1cccs1. The van der Waals surface area contributed by atoms with Crippen LogP contribution in [0.25, 0.3) is 0 Å². The van der Waals surface area contributed by atoms with Crippen LogP contribution in [0, 0.1) is 0 Å². The molecule has 0 aliphatic rings. The van der Waals surface area contributed by atoms with Crippen molar-refractivity contribution in [2.24, 2.45) is 0 Å². The van der Waals surface area contributed by atoms with E-state index in [4.69, 9.17) is 11.6 Å². The predicted octanol–water partition coefficient (Wildman–Crippen LogP) is 3.65. The van der Waals surface area contributed by atoms with Crippen LogP contribution in [0.5, 0.6) is 0 Å². The molecule has 9 heteroatoms. The molecule has 0 aliphatic heterocycles. The zero-order chi connectivity index (χ0) is 18.6. The molecule has 1 amide bonds. The maximum atomic E-state index is 12.3. The van der Waals surface area contributed by atoms with E-state index >= 15 is 0 Å². The largest absolute Gasteiger partial charge is 0.343 e. The van der Waals surface area contributed by atoms with Gasteiger partial charge in [0.2, 0.25) is 5.91 Å². The number of halogens is 1. The first-order valence-electron chi connectivity index (χ1n) is 7.57. The molecule has 136 valence electrons. The molecule has 3 aromatic rings. The number of nitrogens with one attached hydrogen (secondary N) is 2. The van der Waals surface area contributed by atoms with Gasteiger partial charge in [-0.3, -0.25) is 4.79 Å². The average Bonchev–Trinajstić information content (AvgIpc) is 3.32. The summed E-state index contributed by atoms with van der Waals surface area (Å²) in [5, 5.41) is 7.07. The second-order valence-corrected chi connectivity index (χ2v) is 9.68. The third-order valence-corrected chi connectivity index (χ3v) is 7.51. The van der Waals surface area contributed by atoms with Crippen LogP contribution in [-0.4, -0.2) is 20.9 Å². The van der Waals surface area contributed by atoms with Crippen LogP contribution in [0.3, 0.4) is 0 Å². The molecular weight excluding hydrogens is 412 g/mol. The predicted molar refractivity (Wildman–Crippen MR) is 105 cm³/mol. The van der Waals surface area contributed by atoms with Crippen molar-refractivity contribution in [1.29, 1.82) is 0 Å². The quantitative estimate of drug-likeness (QED) is 0.605. The minimum atomic E-state index is -3.68. The van der Waals surface area contributed by atoms with E-state index in [0.717, 1.165) is 21.8 Å². The summed E-state index contributed by atoms with van der Waals surface area (Å²) in [6, 6.07) is 13.8. The zero-order valence-corrected chi connectivity index (χ0v) is 16.6.